The van der Waals surface area contributed by atoms with Crippen LogP contribution in [-0.2, 0) is 0 Å². The molecule has 0 aliphatic rings. The van der Waals surface area contributed by atoms with E-state index in [1.807, 2.05) is 66.2 Å². The molecule has 0 bridgehead atoms. The van der Waals surface area contributed by atoms with Gasteiger partial charge in [0.1, 0.15) is 5.65 Å². The van der Waals surface area contributed by atoms with E-state index in [0.29, 0.717) is 0 Å². The quantitative estimate of drug-likeness (QED) is 0.544. The van der Waals surface area contributed by atoms with E-state index in [9.17, 15) is 0 Å². The molecule has 0 aliphatic heterocycles. The van der Waals surface area contributed by atoms with E-state index in [1.165, 1.54) is 0 Å². The molecule has 0 atom stereocenters. The van der Waals surface area contributed by atoms with Gasteiger partial charge in [0.15, 0.2) is 0 Å². The van der Waals surface area contributed by atoms with Gasteiger partial charge in [0.25, 0.3) is 0 Å². The molecule has 2 aromatic heterocycles. The fourth-order valence-corrected chi connectivity index (χ4v) is 1.86. The Bertz CT molecular complexity index is 743. The lowest BCUT2D eigenvalue weighted by atomic mass is 10.2. The summed E-state index contributed by atoms with van der Waals surface area (Å²) < 4.78 is 2.00. The summed E-state index contributed by atoms with van der Waals surface area (Å²) in [6.45, 7) is 1.99. The minimum Gasteiger partial charge on any atom is -0.306 e. The molecule has 2 nitrogen and oxygen atoms in total. The van der Waals surface area contributed by atoms with Crippen molar-refractivity contribution in [2.75, 3.05) is 0 Å². The second-order valence-electron chi connectivity index (χ2n) is 4.18. The highest BCUT2D eigenvalue weighted by atomic mass is 15.0. The molecular formula is C16H12N2. The van der Waals surface area contributed by atoms with Crippen LogP contribution in [0.2, 0.25) is 0 Å². The molecule has 3 rings (SSSR count). The van der Waals surface area contributed by atoms with E-state index in [0.717, 1.165) is 22.5 Å². The zero-order chi connectivity index (χ0) is 12.4. The Morgan fingerprint density at radius 2 is 1.67 bits per heavy atom. The molecule has 18 heavy (non-hydrogen) atoms. The van der Waals surface area contributed by atoms with Gasteiger partial charge in [0.2, 0.25) is 0 Å². The maximum atomic E-state index is 4.39. The summed E-state index contributed by atoms with van der Waals surface area (Å²) >= 11 is 0. The van der Waals surface area contributed by atoms with Crippen molar-refractivity contribution in [2.24, 2.45) is 0 Å². The number of aromatic nitrogens is 2. The number of nitrogens with zero attached hydrogens (tertiary/aromatic N) is 2. The molecule has 2 heterocycles. The van der Waals surface area contributed by atoms with Crippen molar-refractivity contribution in [3.8, 4) is 11.8 Å². The van der Waals surface area contributed by atoms with E-state index in [2.05, 4.69) is 16.8 Å². The zero-order valence-corrected chi connectivity index (χ0v) is 10.1. The van der Waals surface area contributed by atoms with Crippen LogP contribution in [-0.4, -0.2) is 9.38 Å². The van der Waals surface area contributed by atoms with Gasteiger partial charge in [-0.05, 0) is 31.2 Å². The van der Waals surface area contributed by atoms with Crippen LogP contribution in [0.4, 0.5) is 0 Å². The number of aryl methyl sites for hydroxylation is 1. The topological polar surface area (TPSA) is 17.3 Å². The first-order valence-electron chi connectivity index (χ1n) is 5.84. The Kier molecular flexibility index (Phi) is 2.59. The van der Waals surface area contributed by atoms with Crippen molar-refractivity contribution >= 4 is 5.65 Å². The minimum atomic E-state index is 0.956. The largest absolute Gasteiger partial charge is 0.306 e. The number of hydrogen-bond donors (Lipinski definition) is 0. The summed E-state index contributed by atoms with van der Waals surface area (Å²) in [5.41, 5.74) is 3.99. The Morgan fingerprint density at radius 1 is 0.889 bits per heavy atom. The highest BCUT2D eigenvalue weighted by molar-refractivity contribution is 5.47. The average Bonchev–Trinajstić information content (AvgIpc) is 2.77. The molecule has 0 amide bonds. The maximum absolute atomic E-state index is 4.39. The number of rotatable bonds is 0. The fourth-order valence-electron chi connectivity index (χ4n) is 1.86. The van der Waals surface area contributed by atoms with Crippen LogP contribution in [0.5, 0.6) is 0 Å². The molecule has 0 fully saturated rings. The molecule has 0 unspecified atom stereocenters. The van der Waals surface area contributed by atoms with E-state index >= 15 is 0 Å². The Morgan fingerprint density at radius 3 is 2.50 bits per heavy atom. The summed E-state index contributed by atoms with van der Waals surface area (Å²) in [6, 6.07) is 14.0. The molecule has 0 aliphatic carbocycles. The smallest absolute Gasteiger partial charge is 0.137 e. The normalized spacial score (nSPS) is 10.1. The van der Waals surface area contributed by atoms with Gasteiger partial charge in [-0.3, -0.25) is 0 Å². The number of imidazole rings is 1. The number of hydrogen-bond acceptors (Lipinski definition) is 1. The van der Waals surface area contributed by atoms with Crippen LogP contribution in [0.1, 0.15) is 16.8 Å². The van der Waals surface area contributed by atoms with Gasteiger partial charge in [-0.15, -0.1) is 0 Å². The summed E-state index contributed by atoms with van der Waals surface area (Å²) in [4.78, 5) is 4.39. The van der Waals surface area contributed by atoms with Crippen LogP contribution in [0.3, 0.4) is 0 Å². The van der Waals surface area contributed by atoms with Crippen LogP contribution in [0.15, 0.2) is 54.9 Å². The lowest BCUT2D eigenvalue weighted by molar-refractivity contribution is 1.18. The van der Waals surface area contributed by atoms with Crippen LogP contribution < -0.4 is 0 Å². The first-order chi connectivity index (χ1) is 8.81. The number of pyridine rings is 1. The van der Waals surface area contributed by atoms with Crippen molar-refractivity contribution in [1.29, 1.82) is 0 Å². The van der Waals surface area contributed by atoms with Crippen molar-refractivity contribution < 1.29 is 0 Å². The predicted molar refractivity (Wildman–Crippen MR) is 72.4 cm³/mol. The summed E-state index contributed by atoms with van der Waals surface area (Å²) in [5.74, 6) is 6.31. The van der Waals surface area contributed by atoms with Gasteiger partial charge in [-0.25, -0.2) is 4.98 Å². The lowest BCUT2D eigenvalue weighted by Gasteiger charge is -1.94. The lowest BCUT2D eigenvalue weighted by Crippen LogP contribution is -1.84. The van der Waals surface area contributed by atoms with Crippen LogP contribution in [0, 0.1) is 18.8 Å². The predicted octanol–water partition coefficient (Wildman–Crippen LogP) is 3.04. The SMILES string of the molecule is Cc1cn2cc(C#Cc3ccccc3)ccc2n1. The Labute approximate surface area is 106 Å². The molecule has 2 heteroatoms. The highest BCUT2D eigenvalue weighted by Gasteiger charge is 1.96. The van der Waals surface area contributed by atoms with E-state index in [4.69, 9.17) is 0 Å². The summed E-state index contributed by atoms with van der Waals surface area (Å²) in [6.07, 6.45) is 4.01. The summed E-state index contributed by atoms with van der Waals surface area (Å²) in [7, 11) is 0. The number of fused-ring (bicyclic) bond motifs is 1. The molecule has 0 saturated carbocycles. The van der Waals surface area contributed by atoms with Gasteiger partial charge in [0.05, 0.1) is 5.69 Å². The molecule has 1 aromatic carbocycles. The second kappa shape index (κ2) is 4.38. The maximum Gasteiger partial charge on any atom is 0.137 e. The van der Waals surface area contributed by atoms with Gasteiger partial charge < -0.3 is 4.40 Å². The zero-order valence-electron chi connectivity index (χ0n) is 10.1. The Hall–Kier alpha value is -2.53. The van der Waals surface area contributed by atoms with E-state index < -0.39 is 0 Å². The monoisotopic (exact) mass is 232 g/mol. The van der Waals surface area contributed by atoms with Gasteiger partial charge >= 0.3 is 0 Å². The first-order valence-corrected chi connectivity index (χ1v) is 5.84. The third-order valence-corrected chi connectivity index (χ3v) is 2.70. The summed E-state index contributed by atoms with van der Waals surface area (Å²) in [5, 5.41) is 0. The van der Waals surface area contributed by atoms with E-state index in [1.54, 1.807) is 0 Å². The third-order valence-electron chi connectivity index (χ3n) is 2.70. The van der Waals surface area contributed by atoms with Crippen LogP contribution >= 0.6 is 0 Å². The van der Waals surface area contributed by atoms with Gasteiger partial charge in [-0.2, -0.15) is 0 Å². The molecule has 0 saturated heterocycles. The average molecular weight is 232 g/mol. The minimum absolute atomic E-state index is 0.956. The van der Waals surface area contributed by atoms with Gasteiger partial charge in [-0.1, -0.05) is 30.0 Å². The highest BCUT2D eigenvalue weighted by Crippen LogP contribution is 2.06. The van der Waals surface area contributed by atoms with Crippen molar-refractivity contribution in [3.63, 3.8) is 0 Å². The van der Waals surface area contributed by atoms with E-state index in [-0.39, 0.29) is 0 Å². The molecule has 0 radical (unpaired) electrons. The van der Waals surface area contributed by atoms with Crippen LogP contribution in [0.25, 0.3) is 5.65 Å². The molecule has 0 N–H and O–H groups in total. The fraction of sp³-hybridized carbons (Fsp3) is 0.0625. The number of benzene rings is 1. The Balaban J connectivity index is 1.98. The molecule has 0 spiro atoms. The first kappa shape index (κ1) is 10.6. The van der Waals surface area contributed by atoms with Crippen molar-refractivity contribution in [3.05, 3.63) is 71.7 Å². The molecule has 3 aromatic rings. The van der Waals surface area contributed by atoms with Crippen molar-refractivity contribution in [2.45, 2.75) is 6.92 Å². The molecular weight excluding hydrogens is 220 g/mol. The van der Waals surface area contributed by atoms with Crippen molar-refractivity contribution in [1.82, 2.24) is 9.38 Å². The molecule has 86 valence electrons. The van der Waals surface area contributed by atoms with Gasteiger partial charge in [0, 0.05) is 23.5 Å². The second-order valence-corrected chi connectivity index (χ2v) is 4.18. The third kappa shape index (κ3) is 2.11. The standard InChI is InChI=1S/C16H12N2/c1-13-11-18-12-15(9-10-16(18)17-13)8-7-14-5-3-2-4-6-14/h2-6,9-12H,1H3.